The molecule has 0 aromatic heterocycles. The van der Waals surface area contributed by atoms with Gasteiger partial charge in [0.05, 0.1) is 18.2 Å². The van der Waals surface area contributed by atoms with E-state index in [2.05, 4.69) is 22.0 Å². The first-order valence-corrected chi connectivity index (χ1v) is 7.27. The van der Waals surface area contributed by atoms with Crippen molar-refractivity contribution in [3.8, 4) is 11.1 Å². The third-order valence-corrected chi connectivity index (χ3v) is 4.41. The second-order valence-corrected chi connectivity index (χ2v) is 5.99. The Morgan fingerprint density at radius 3 is 2.58 bits per heavy atom. The number of hydrogen-bond donors (Lipinski definition) is 0. The van der Waals surface area contributed by atoms with Gasteiger partial charge in [-0.3, -0.25) is 0 Å². The van der Waals surface area contributed by atoms with Gasteiger partial charge in [-0.1, -0.05) is 51.8 Å². The van der Waals surface area contributed by atoms with E-state index in [9.17, 15) is 0 Å². The Labute approximate surface area is 124 Å². The van der Waals surface area contributed by atoms with Crippen LogP contribution in [0.1, 0.15) is 11.1 Å². The topological polar surface area (TPSA) is 18.5 Å². The van der Waals surface area contributed by atoms with E-state index in [1.807, 2.05) is 30.3 Å². The molecular formula is C15H10BrClO2. The Bertz CT molecular complexity index is 678. The highest BCUT2D eigenvalue weighted by molar-refractivity contribution is 9.10. The Kier molecular flexibility index (Phi) is 2.55. The summed E-state index contributed by atoms with van der Waals surface area (Å²) >= 11 is 9.92. The van der Waals surface area contributed by atoms with Crippen LogP contribution in [0.2, 0.25) is 5.02 Å². The summed E-state index contributed by atoms with van der Waals surface area (Å²) in [6, 6.07) is 12.1. The van der Waals surface area contributed by atoms with Crippen molar-refractivity contribution in [1.82, 2.24) is 0 Å². The lowest BCUT2D eigenvalue weighted by atomic mass is 10.0. The molecule has 0 saturated carbocycles. The minimum absolute atomic E-state index is 0.595. The van der Waals surface area contributed by atoms with Gasteiger partial charge in [-0.15, -0.1) is 0 Å². The van der Waals surface area contributed by atoms with Gasteiger partial charge in [0.2, 0.25) is 5.79 Å². The van der Waals surface area contributed by atoms with Gasteiger partial charge in [-0.05, 0) is 17.7 Å². The molecule has 1 heterocycles. The SMILES string of the molecule is Clc1cc(Br)cc2c1-c1ccccc1C21OCCO1. The van der Waals surface area contributed by atoms with Crippen LogP contribution in [0, 0.1) is 0 Å². The van der Waals surface area contributed by atoms with Crippen molar-refractivity contribution in [3.63, 3.8) is 0 Å². The molecule has 0 atom stereocenters. The maximum atomic E-state index is 6.42. The molecule has 0 unspecified atom stereocenters. The highest BCUT2D eigenvalue weighted by Gasteiger charge is 2.49. The lowest BCUT2D eigenvalue weighted by Crippen LogP contribution is -2.25. The smallest absolute Gasteiger partial charge is 0.223 e. The van der Waals surface area contributed by atoms with E-state index < -0.39 is 5.79 Å². The van der Waals surface area contributed by atoms with Gasteiger partial charge in [0.1, 0.15) is 0 Å². The summed E-state index contributed by atoms with van der Waals surface area (Å²) in [7, 11) is 0. The summed E-state index contributed by atoms with van der Waals surface area (Å²) in [5.74, 6) is -0.778. The van der Waals surface area contributed by atoms with Gasteiger partial charge in [-0.2, -0.15) is 0 Å². The summed E-state index contributed by atoms with van der Waals surface area (Å²) in [4.78, 5) is 0. The predicted octanol–water partition coefficient (Wildman–Crippen LogP) is 4.33. The van der Waals surface area contributed by atoms with E-state index in [0.717, 1.165) is 26.7 Å². The molecule has 2 aromatic carbocycles. The molecule has 4 rings (SSSR count). The standard InChI is InChI=1S/C15H10BrClO2/c16-9-7-12-14(13(17)8-9)10-3-1-2-4-11(10)15(12)18-5-6-19-15/h1-4,7-8H,5-6H2. The van der Waals surface area contributed by atoms with Crippen molar-refractivity contribution in [2.45, 2.75) is 5.79 Å². The molecule has 1 saturated heterocycles. The Morgan fingerprint density at radius 2 is 1.79 bits per heavy atom. The Balaban J connectivity index is 2.12. The fourth-order valence-electron chi connectivity index (χ4n) is 2.96. The van der Waals surface area contributed by atoms with E-state index in [0.29, 0.717) is 18.2 Å². The third-order valence-electron chi connectivity index (χ3n) is 3.65. The second kappa shape index (κ2) is 4.06. The number of rotatable bonds is 0. The second-order valence-electron chi connectivity index (χ2n) is 4.67. The fraction of sp³-hybridized carbons (Fsp3) is 0.200. The summed E-state index contributed by atoms with van der Waals surface area (Å²) in [6.45, 7) is 1.19. The minimum Gasteiger partial charge on any atom is -0.340 e. The van der Waals surface area contributed by atoms with E-state index in [1.165, 1.54) is 0 Å². The lowest BCUT2D eigenvalue weighted by molar-refractivity contribution is -0.126. The molecule has 96 valence electrons. The highest BCUT2D eigenvalue weighted by atomic mass is 79.9. The normalized spacial score (nSPS) is 18.6. The number of halogens is 2. The summed E-state index contributed by atoms with van der Waals surface area (Å²) < 4.78 is 12.9. The Hall–Kier alpha value is -0.870. The first-order chi connectivity index (χ1) is 9.22. The molecular weight excluding hydrogens is 328 g/mol. The molecule has 0 N–H and O–H groups in total. The van der Waals surface area contributed by atoms with Crippen LogP contribution in [-0.4, -0.2) is 13.2 Å². The maximum Gasteiger partial charge on any atom is 0.223 e. The van der Waals surface area contributed by atoms with Gasteiger partial charge in [0, 0.05) is 21.2 Å². The average molecular weight is 338 g/mol. The van der Waals surface area contributed by atoms with Crippen LogP contribution < -0.4 is 0 Å². The maximum absolute atomic E-state index is 6.42. The molecule has 1 aliphatic heterocycles. The molecule has 0 radical (unpaired) electrons. The highest BCUT2D eigenvalue weighted by Crippen LogP contribution is 2.54. The van der Waals surface area contributed by atoms with Crippen molar-refractivity contribution < 1.29 is 9.47 Å². The summed E-state index contributed by atoms with van der Waals surface area (Å²) in [5.41, 5.74) is 4.15. The molecule has 2 aliphatic rings. The van der Waals surface area contributed by atoms with Crippen LogP contribution in [0.3, 0.4) is 0 Å². The summed E-state index contributed by atoms with van der Waals surface area (Å²) in [5, 5.41) is 0.716. The molecule has 4 heteroatoms. The average Bonchev–Trinajstić information content (AvgIpc) is 2.97. The third kappa shape index (κ3) is 1.50. The van der Waals surface area contributed by atoms with Gasteiger partial charge in [0.25, 0.3) is 0 Å². The van der Waals surface area contributed by atoms with Crippen molar-refractivity contribution in [1.29, 1.82) is 0 Å². The molecule has 2 aromatic rings. The van der Waals surface area contributed by atoms with E-state index in [1.54, 1.807) is 0 Å². The van der Waals surface area contributed by atoms with Gasteiger partial charge < -0.3 is 9.47 Å². The number of fused-ring (bicyclic) bond motifs is 5. The van der Waals surface area contributed by atoms with E-state index in [-0.39, 0.29) is 0 Å². The minimum atomic E-state index is -0.778. The molecule has 1 spiro atoms. The summed E-state index contributed by atoms with van der Waals surface area (Å²) in [6.07, 6.45) is 0. The molecule has 0 amide bonds. The largest absolute Gasteiger partial charge is 0.340 e. The quantitative estimate of drug-likeness (QED) is 0.712. The fourth-order valence-corrected chi connectivity index (χ4v) is 3.87. The number of hydrogen-bond acceptors (Lipinski definition) is 2. The molecule has 2 nitrogen and oxygen atoms in total. The van der Waals surface area contributed by atoms with Gasteiger partial charge >= 0.3 is 0 Å². The van der Waals surface area contributed by atoms with Crippen LogP contribution in [0.25, 0.3) is 11.1 Å². The molecule has 0 bridgehead atoms. The zero-order valence-corrected chi connectivity index (χ0v) is 12.3. The van der Waals surface area contributed by atoms with Crippen LogP contribution in [0.5, 0.6) is 0 Å². The van der Waals surface area contributed by atoms with E-state index >= 15 is 0 Å². The molecule has 1 fully saturated rings. The first-order valence-electron chi connectivity index (χ1n) is 6.10. The number of benzene rings is 2. The predicted molar refractivity (Wildman–Crippen MR) is 77.3 cm³/mol. The van der Waals surface area contributed by atoms with Crippen molar-refractivity contribution >= 4 is 27.5 Å². The number of ether oxygens (including phenoxy) is 2. The zero-order valence-electron chi connectivity index (χ0n) is 9.95. The van der Waals surface area contributed by atoms with Gasteiger partial charge in [-0.25, -0.2) is 0 Å². The van der Waals surface area contributed by atoms with E-state index in [4.69, 9.17) is 21.1 Å². The van der Waals surface area contributed by atoms with Crippen molar-refractivity contribution in [2.75, 3.05) is 13.2 Å². The zero-order chi connectivity index (χ0) is 13.0. The van der Waals surface area contributed by atoms with Crippen molar-refractivity contribution in [3.05, 3.63) is 57.0 Å². The monoisotopic (exact) mass is 336 g/mol. The van der Waals surface area contributed by atoms with Crippen molar-refractivity contribution in [2.24, 2.45) is 0 Å². The Morgan fingerprint density at radius 1 is 1.05 bits per heavy atom. The molecule has 19 heavy (non-hydrogen) atoms. The molecule has 1 aliphatic carbocycles. The first kappa shape index (κ1) is 11.9. The van der Waals surface area contributed by atoms with Gasteiger partial charge in [0.15, 0.2) is 0 Å². The van der Waals surface area contributed by atoms with Crippen LogP contribution in [-0.2, 0) is 15.3 Å². The van der Waals surface area contributed by atoms with Crippen LogP contribution in [0.4, 0.5) is 0 Å². The lowest BCUT2D eigenvalue weighted by Gasteiger charge is -2.24. The van der Waals surface area contributed by atoms with Crippen LogP contribution >= 0.6 is 27.5 Å². The van der Waals surface area contributed by atoms with Crippen LogP contribution in [0.15, 0.2) is 40.9 Å².